The lowest BCUT2D eigenvalue weighted by Crippen LogP contribution is -2.44. The zero-order chi connectivity index (χ0) is 22.3. The lowest BCUT2D eigenvalue weighted by molar-refractivity contribution is -0.130. The van der Waals surface area contributed by atoms with E-state index < -0.39 is 28.1 Å². The van der Waals surface area contributed by atoms with E-state index in [1.165, 1.54) is 4.31 Å². The van der Waals surface area contributed by atoms with Crippen molar-refractivity contribution in [1.29, 1.82) is 0 Å². The molecular formula is C23H31N3O4S. The Morgan fingerprint density at radius 1 is 0.935 bits per heavy atom. The summed E-state index contributed by atoms with van der Waals surface area (Å²) in [7, 11) is -3.60. The minimum atomic E-state index is -3.60. The molecule has 1 fully saturated rings. The van der Waals surface area contributed by atoms with Crippen molar-refractivity contribution in [3.63, 3.8) is 0 Å². The molecule has 0 spiro atoms. The molecule has 0 bridgehead atoms. The quantitative estimate of drug-likeness (QED) is 0.671. The number of nitrogens with zero attached hydrogens (tertiary/aromatic N) is 1. The standard InChI is InChI=1S/C23H31N3O4S/c1-18-10-12-20(13-11-18)31(29,30)26-16-6-5-14-24-21(19-8-3-2-4-9-19)22(27)23(28)25-15-7-17-26/h2-4,8-13,21-22,24,27H,5-7,14-17H2,1H3,(H,25,28)/t21-,22+/m1/s1. The van der Waals surface area contributed by atoms with Crippen LogP contribution in [0.15, 0.2) is 59.5 Å². The first-order valence-corrected chi connectivity index (χ1v) is 12.1. The Bertz CT molecular complexity index is 949. The number of carbonyl (C=O) groups excluding carboxylic acids is 1. The Morgan fingerprint density at radius 2 is 1.61 bits per heavy atom. The summed E-state index contributed by atoms with van der Waals surface area (Å²) >= 11 is 0. The average molecular weight is 446 g/mol. The third kappa shape index (κ3) is 6.13. The number of hydrogen-bond donors (Lipinski definition) is 3. The van der Waals surface area contributed by atoms with Gasteiger partial charge in [-0.25, -0.2) is 8.42 Å². The molecule has 1 heterocycles. The first-order chi connectivity index (χ1) is 14.9. The van der Waals surface area contributed by atoms with Gasteiger partial charge < -0.3 is 15.7 Å². The summed E-state index contributed by atoms with van der Waals surface area (Å²) in [5.41, 5.74) is 1.84. The van der Waals surface area contributed by atoms with Crippen LogP contribution in [-0.2, 0) is 14.8 Å². The Labute approximate surface area is 184 Å². The Balaban J connectivity index is 1.73. The molecule has 7 nitrogen and oxygen atoms in total. The largest absolute Gasteiger partial charge is 0.381 e. The van der Waals surface area contributed by atoms with Gasteiger partial charge in [-0.15, -0.1) is 0 Å². The van der Waals surface area contributed by atoms with Crippen molar-refractivity contribution in [2.75, 3.05) is 26.2 Å². The Kier molecular flexibility index (Phi) is 8.20. The fraction of sp³-hybridized carbons (Fsp3) is 0.435. The average Bonchev–Trinajstić information content (AvgIpc) is 2.78. The fourth-order valence-corrected chi connectivity index (χ4v) is 5.19. The van der Waals surface area contributed by atoms with E-state index in [-0.39, 0.29) is 11.4 Å². The molecule has 0 saturated carbocycles. The molecule has 1 aliphatic heterocycles. The van der Waals surface area contributed by atoms with E-state index in [9.17, 15) is 18.3 Å². The highest BCUT2D eigenvalue weighted by Crippen LogP contribution is 2.20. The molecule has 3 N–H and O–H groups in total. The number of rotatable bonds is 3. The van der Waals surface area contributed by atoms with Gasteiger partial charge in [-0.2, -0.15) is 4.31 Å². The van der Waals surface area contributed by atoms with Crippen LogP contribution in [0.4, 0.5) is 0 Å². The second kappa shape index (κ2) is 10.9. The van der Waals surface area contributed by atoms with Crippen molar-refractivity contribution in [3.8, 4) is 0 Å². The smallest absolute Gasteiger partial charge is 0.250 e. The van der Waals surface area contributed by atoms with Crippen LogP contribution >= 0.6 is 0 Å². The van der Waals surface area contributed by atoms with Crippen molar-refractivity contribution in [3.05, 3.63) is 65.7 Å². The number of carbonyl (C=O) groups is 1. The zero-order valence-electron chi connectivity index (χ0n) is 17.8. The molecule has 0 aliphatic carbocycles. The van der Waals surface area contributed by atoms with E-state index in [2.05, 4.69) is 10.6 Å². The summed E-state index contributed by atoms with van der Waals surface area (Å²) in [5, 5.41) is 16.6. The second-order valence-electron chi connectivity index (χ2n) is 7.86. The molecule has 31 heavy (non-hydrogen) atoms. The Hall–Kier alpha value is -2.26. The van der Waals surface area contributed by atoms with Crippen LogP contribution in [0.2, 0.25) is 0 Å². The molecule has 3 rings (SSSR count). The van der Waals surface area contributed by atoms with Crippen molar-refractivity contribution in [2.45, 2.75) is 43.2 Å². The fourth-order valence-electron chi connectivity index (χ4n) is 3.68. The van der Waals surface area contributed by atoms with E-state index in [1.54, 1.807) is 24.3 Å². The maximum absolute atomic E-state index is 13.1. The highest BCUT2D eigenvalue weighted by Gasteiger charge is 2.28. The number of sulfonamides is 1. The number of amides is 1. The predicted octanol–water partition coefficient (Wildman–Crippen LogP) is 1.98. The van der Waals surface area contributed by atoms with Crippen molar-refractivity contribution in [1.82, 2.24) is 14.9 Å². The normalized spacial score (nSPS) is 22.6. The van der Waals surface area contributed by atoms with Crippen LogP contribution in [0.3, 0.4) is 0 Å². The van der Waals surface area contributed by atoms with Crippen molar-refractivity contribution >= 4 is 15.9 Å². The van der Waals surface area contributed by atoms with Gasteiger partial charge in [0, 0.05) is 19.6 Å². The first-order valence-electron chi connectivity index (χ1n) is 10.7. The van der Waals surface area contributed by atoms with Gasteiger partial charge in [0.2, 0.25) is 10.0 Å². The van der Waals surface area contributed by atoms with E-state index in [4.69, 9.17) is 0 Å². The molecule has 8 heteroatoms. The van der Waals surface area contributed by atoms with E-state index in [1.807, 2.05) is 37.3 Å². The van der Waals surface area contributed by atoms with Gasteiger partial charge in [-0.1, -0.05) is 48.0 Å². The van der Waals surface area contributed by atoms with Crippen molar-refractivity contribution in [2.24, 2.45) is 0 Å². The molecule has 2 aromatic carbocycles. The van der Waals surface area contributed by atoms with Crippen LogP contribution in [0.25, 0.3) is 0 Å². The SMILES string of the molecule is Cc1ccc(S(=O)(=O)N2CCCCN[C@H](c3ccccc3)[C@H](O)C(=O)NCCC2)cc1. The molecule has 168 valence electrons. The van der Waals surface area contributed by atoms with Crippen LogP contribution in [-0.4, -0.2) is 56.0 Å². The first kappa shape index (κ1) is 23.4. The maximum Gasteiger partial charge on any atom is 0.250 e. The number of aryl methyl sites for hydroxylation is 1. The monoisotopic (exact) mass is 445 g/mol. The maximum atomic E-state index is 13.1. The highest BCUT2D eigenvalue weighted by atomic mass is 32.2. The molecule has 2 aromatic rings. The molecule has 1 saturated heterocycles. The van der Waals surface area contributed by atoms with E-state index in [0.717, 1.165) is 17.5 Å². The minimum Gasteiger partial charge on any atom is -0.381 e. The van der Waals surface area contributed by atoms with Crippen LogP contribution in [0.5, 0.6) is 0 Å². The number of aliphatic hydroxyl groups is 1. The molecular weight excluding hydrogens is 414 g/mol. The summed E-state index contributed by atoms with van der Waals surface area (Å²) in [6.07, 6.45) is 0.636. The number of hydrogen-bond acceptors (Lipinski definition) is 5. The molecule has 0 radical (unpaired) electrons. The molecule has 2 atom stereocenters. The van der Waals surface area contributed by atoms with E-state index >= 15 is 0 Å². The van der Waals surface area contributed by atoms with Gasteiger partial charge >= 0.3 is 0 Å². The summed E-state index contributed by atoms with van der Waals surface area (Å²) in [6.45, 7) is 3.48. The highest BCUT2D eigenvalue weighted by molar-refractivity contribution is 7.89. The lowest BCUT2D eigenvalue weighted by atomic mass is 10.0. The topological polar surface area (TPSA) is 98.7 Å². The van der Waals surface area contributed by atoms with Crippen LogP contribution in [0.1, 0.15) is 36.4 Å². The molecule has 0 unspecified atom stereocenters. The number of nitrogens with one attached hydrogen (secondary N) is 2. The minimum absolute atomic E-state index is 0.282. The zero-order valence-corrected chi connectivity index (χ0v) is 18.6. The van der Waals surface area contributed by atoms with Gasteiger partial charge in [-0.3, -0.25) is 4.79 Å². The van der Waals surface area contributed by atoms with Crippen LogP contribution in [0, 0.1) is 6.92 Å². The summed E-state index contributed by atoms with van der Waals surface area (Å²) in [5.74, 6) is -0.464. The molecule has 1 aliphatic rings. The number of benzene rings is 2. The third-order valence-corrected chi connectivity index (χ3v) is 7.40. The van der Waals surface area contributed by atoms with E-state index in [0.29, 0.717) is 32.5 Å². The molecule has 0 aromatic heterocycles. The van der Waals surface area contributed by atoms with Gasteiger partial charge in [0.15, 0.2) is 6.10 Å². The summed E-state index contributed by atoms with van der Waals surface area (Å²) in [4.78, 5) is 12.8. The molecule has 1 amide bonds. The van der Waals surface area contributed by atoms with Gasteiger partial charge in [0.25, 0.3) is 5.91 Å². The number of aliphatic hydroxyl groups excluding tert-OH is 1. The summed E-state index contributed by atoms with van der Waals surface area (Å²) < 4.78 is 27.7. The second-order valence-corrected chi connectivity index (χ2v) is 9.79. The van der Waals surface area contributed by atoms with Gasteiger partial charge in [-0.05, 0) is 50.4 Å². The lowest BCUT2D eigenvalue weighted by Gasteiger charge is -2.24. The van der Waals surface area contributed by atoms with Gasteiger partial charge in [0.1, 0.15) is 0 Å². The summed E-state index contributed by atoms with van der Waals surface area (Å²) in [6, 6.07) is 15.7. The van der Waals surface area contributed by atoms with Gasteiger partial charge in [0.05, 0.1) is 10.9 Å². The Morgan fingerprint density at radius 3 is 2.32 bits per heavy atom. The van der Waals surface area contributed by atoms with Crippen molar-refractivity contribution < 1.29 is 18.3 Å². The third-order valence-electron chi connectivity index (χ3n) is 5.48. The van der Waals surface area contributed by atoms with Crippen LogP contribution < -0.4 is 10.6 Å². The predicted molar refractivity (Wildman–Crippen MR) is 120 cm³/mol.